The van der Waals surface area contributed by atoms with Crippen LogP contribution in [0.3, 0.4) is 0 Å². The Morgan fingerprint density at radius 2 is 2.22 bits per heavy atom. The van der Waals surface area contributed by atoms with E-state index >= 15 is 0 Å². The van der Waals surface area contributed by atoms with Crippen molar-refractivity contribution in [3.05, 3.63) is 44.0 Å². The van der Waals surface area contributed by atoms with Gasteiger partial charge in [-0.25, -0.2) is 9.97 Å². The van der Waals surface area contributed by atoms with E-state index in [1.807, 2.05) is 46.3 Å². The van der Waals surface area contributed by atoms with Gasteiger partial charge in [0.1, 0.15) is 3.57 Å². The summed E-state index contributed by atoms with van der Waals surface area (Å²) in [6.07, 6.45) is 1.39. The van der Waals surface area contributed by atoms with Crippen molar-refractivity contribution >= 4 is 55.6 Å². The number of hydrogen-bond acceptors (Lipinski definition) is 5. The minimum atomic E-state index is -0.146. The Balaban J connectivity index is 2.00. The highest BCUT2D eigenvalue weighted by Crippen LogP contribution is 2.24. The second-order valence-electron chi connectivity index (χ2n) is 3.55. The number of benzene rings is 1. The van der Waals surface area contributed by atoms with Crippen molar-refractivity contribution in [2.75, 3.05) is 5.32 Å². The van der Waals surface area contributed by atoms with Crippen LogP contribution >= 0.6 is 33.9 Å². The fraction of sp³-hybridized carbons (Fsp3) is 0. The van der Waals surface area contributed by atoms with Crippen LogP contribution in [0.1, 0.15) is 0 Å². The molecule has 2 heterocycles. The fourth-order valence-corrected chi connectivity index (χ4v) is 2.69. The van der Waals surface area contributed by atoms with Gasteiger partial charge < -0.3 is 10.3 Å². The van der Waals surface area contributed by atoms with Crippen molar-refractivity contribution in [1.82, 2.24) is 15.0 Å². The molecule has 90 valence electrons. The summed E-state index contributed by atoms with van der Waals surface area (Å²) in [5.74, 6) is 0.559. The predicted octanol–water partition coefficient (Wildman–Crippen LogP) is 2.73. The quantitative estimate of drug-likeness (QED) is 0.681. The smallest absolute Gasteiger partial charge is 0.266 e. The van der Waals surface area contributed by atoms with Crippen LogP contribution in [0.15, 0.2) is 34.8 Å². The van der Waals surface area contributed by atoms with Crippen LogP contribution in [0.5, 0.6) is 0 Å². The van der Waals surface area contributed by atoms with E-state index < -0.39 is 0 Å². The Morgan fingerprint density at radius 3 is 3.11 bits per heavy atom. The van der Waals surface area contributed by atoms with Gasteiger partial charge in [-0.1, -0.05) is 0 Å². The maximum absolute atomic E-state index is 11.5. The molecule has 5 nitrogen and oxygen atoms in total. The maximum Gasteiger partial charge on any atom is 0.266 e. The third kappa shape index (κ3) is 2.10. The Labute approximate surface area is 119 Å². The van der Waals surface area contributed by atoms with Gasteiger partial charge in [0.2, 0.25) is 0 Å². The SMILES string of the molecule is O=c1[nH]cnc(Nc2ccc3ncsc3c2)c1I. The zero-order chi connectivity index (χ0) is 12.5. The van der Waals surface area contributed by atoms with E-state index in [-0.39, 0.29) is 5.56 Å². The highest BCUT2D eigenvalue weighted by molar-refractivity contribution is 14.1. The molecule has 2 aromatic heterocycles. The third-order valence-corrected chi connectivity index (χ3v) is 4.18. The van der Waals surface area contributed by atoms with E-state index in [1.54, 1.807) is 11.3 Å². The van der Waals surface area contributed by atoms with Crippen molar-refractivity contribution in [3.63, 3.8) is 0 Å². The van der Waals surface area contributed by atoms with E-state index in [2.05, 4.69) is 20.3 Å². The first-order valence-corrected chi connectivity index (χ1v) is 7.03. The number of nitrogens with zero attached hydrogens (tertiary/aromatic N) is 2. The summed E-state index contributed by atoms with van der Waals surface area (Å²) in [5.41, 5.74) is 3.53. The van der Waals surface area contributed by atoms with Gasteiger partial charge in [-0.3, -0.25) is 4.79 Å². The standard InChI is InChI=1S/C11H7IN4OS/c12-9-10(13-4-14-11(9)17)16-6-1-2-7-8(3-6)18-5-15-7/h1-5H,(H2,13,14,16,17). The van der Waals surface area contributed by atoms with Crippen LogP contribution < -0.4 is 10.9 Å². The summed E-state index contributed by atoms with van der Waals surface area (Å²) in [4.78, 5) is 22.3. The van der Waals surface area contributed by atoms with E-state index in [0.717, 1.165) is 15.9 Å². The van der Waals surface area contributed by atoms with E-state index in [4.69, 9.17) is 0 Å². The molecular formula is C11H7IN4OS. The molecule has 3 rings (SSSR count). The lowest BCUT2D eigenvalue weighted by atomic mass is 10.3. The number of anilines is 2. The average Bonchev–Trinajstić information content (AvgIpc) is 2.82. The van der Waals surface area contributed by atoms with Gasteiger partial charge in [-0.2, -0.15) is 0 Å². The topological polar surface area (TPSA) is 70.7 Å². The minimum Gasteiger partial charge on any atom is -0.339 e. The van der Waals surface area contributed by atoms with Crippen LogP contribution in [0.4, 0.5) is 11.5 Å². The van der Waals surface area contributed by atoms with Crippen molar-refractivity contribution in [2.45, 2.75) is 0 Å². The molecule has 0 aliphatic heterocycles. The van der Waals surface area contributed by atoms with Gasteiger partial charge in [0.15, 0.2) is 5.82 Å². The average molecular weight is 370 g/mol. The van der Waals surface area contributed by atoms with Gasteiger partial charge in [0.05, 0.1) is 22.1 Å². The van der Waals surface area contributed by atoms with Crippen molar-refractivity contribution in [3.8, 4) is 0 Å². The van der Waals surface area contributed by atoms with E-state index in [9.17, 15) is 4.79 Å². The van der Waals surface area contributed by atoms with Gasteiger partial charge in [0.25, 0.3) is 5.56 Å². The summed E-state index contributed by atoms with van der Waals surface area (Å²) >= 11 is 3.55. The highest BCUT2D eigenvalue weighted by Gasteiger charge is 2.06. The molecule has 0 atom stereocenters. The van der Waals surface area contributed by atoms with Gasteiger partial charge in [-0.15, -0.1) is 11.3 Å². The summed E-state index contributed by atoms with van der Waals surface area (Å²) < 4.78 is 1.64. The summed E-state index contributed by atoms with van der Waals surface area (Å²) in [6, 6.07) is 5.85. The normalized spacial score (nSPS) is 10.7. The number of rotatable bonds is 2. The fourth-order valence-electron chi connectivity index (χ4n) is 1.54. The van der Waals surface area contributed by atoms with E-state index in [1.165, 1.54) is 6.33 Å². The molecule has 7 heteroatoms. The molecule has 0 unspecified atom stereocenters. The molecule has 2 N–H and O–H groups in total. The minimum absolute atomic E-state index is 0.146. The number of halogens is 1. The Kier molecular flexibility index (Phi) is 3.00. The van der Waals surface area contributed by atoms with Crippen molar-refractivity contribution < 1.29 is 0 Å². The van der Waals surface area contributed by atoms with Crippen molar-refractivity contribution in [2.24, 2.45) is 0 Å². The number of fused-ring (bicyclic) bond motifs is 1. The number of aromatic amines is 1. The predicted molar refractivity (Wildman–Crippen MR) is 80.5 cm³/mol. The third-order valence-electron chi connectivity index (χ3n) is 2.39. The number of thiazole rings is 1. The molecule has 0 bridgehead atoms. The van der Waals surface area contributed by atoms with Gasteiger partial charge in [0, 0.05) is 5.69 Å². The number of aromatic nitrogens is 3. The number of H-pyrrole nitrogens is 1. The van der Waals surface area contributed by atoms with Gasteiger partial charge in [-0.05, 0) is 40.8 Å². The molecule has 3 aromatic rings. The van der Waals surface area contributed by atoms with Crippen molar-refractivity contribution in [1.29, 1.82) is 0 Å². The summed E-state index contributed by atoms with van der Waals surface area (Å²) in [5, 5.41) is 3.14. The van der Waals surface area contributed by atoms with Crippen LogP contribution in [0.25, 0.3) is 10.2 Å². The second-order valence-corrected chi connectivity index (χ2v) is 5.52. The summed E-state index contributed by atoms with van der Waals surface area (Å²) in [6.45, 7) is 0. The molecule has 0 aliphatic carbocycles. The lowest BCUT2D eigenvalue weighted by Gasteiger charge is -2.06. The lowest BCUT2D eigenvalue weighted by molar-refractivity contribution is 1.10. The van der Waals surface area contributed by atoms with Gasteiger partial charge >= 0.3 is 0 Å². The molecular weight excluding hydrogens is 363 g/mol. The second kappa shape index (κ2) is 4.65. The molecule has 18 heavy (non-hydrogen) atoms. The van der Waals surface area contributed by atoms with Crippen LogP contribution in [0.2, 0.25) is 0 Å². The number of hydrogen-bond donors (Lipinski definition) is 2. The Morgan fingerprint density at radius 1 is 1.33 bits per heavy atom. The Hall–Kier alpha value is -1.48. The molecule has 0 aliphatic rings. The monoisotopic (exact) mass is 370 g/mol. The summed E-state index contributed by atoms with van der Waals surface area (Å²) in [7, 11) is 0. The maximum atomic E-state index is 11.5. The zero-order valence-electron chi connectivity index (χ0n) is 8.98. The molecule has 1 aromatic carbocycles. The molecule has 0 saturated carbocycles. The molecule has 0 fully saturated rings. The largest absolute Gasteiger partial charge is 0.339 e. The first-order valence-electron chi connectivity index (χ1n) is 5.07. The van der Waals surface area contributed by atoms with Crippen LogP contribution in [0, 0.1) is 3.57 Å². The lowest BCUT2D eigenvalue weighted by Crippen LogP contribution is -2.12. The van der Waals surface area contributed by atoms with Crippen LogP contribution in [-0.4, -0.2) is 15.0 Å². The zero-order valence-corrected chi connectivity index (χ0v) is 11.9. The molecule has 0 amide bonds. The molecule has 0 saturated heterocycles. The van der Waals surface area contributed by atoms with Crippen LogP contribution in [-0.2, 0) is 0 Å². The Bertz CT molecular complexity index is 767. The molecule has 0 spiro atoms. The molecule has 0 radical (unpaired) electrons. The first-order chi connectivity index (χ1) is 8.74. The number of nitrogens with one attached hydrogen (secondary N) is 2. The van der Waals surface area contributed by atoms with E-state index in [0.29, 0.717) is 9.39 Å². The first kappa shape index (κ1) is 11.6. The highest BCUT2D eigenvalue weighted by atomic mass is 127.